The van der Waals surface area contributed by atoms with Crippen LogP contribution in [-0.2, 0) is 17.2 Å². The Kier molecular flexibility index (Phi) is 9.14. The summed E-state index contributed by atoms with van der Waals surface area (Å²) in [4.78, 5) is 5.40. The lowest BCUT2D eigenvalue weighted by molar-refractivity contribution is 0.00265. The van der Waals surface area contributed by atoms with E-state index in [2.05, 4.69) is 30.5 Å². The van der Waals surface area contributed by atoms with Gasteiger partial charge in [0.05, 0.1) is 11.0 Å². The highest BCUT2D eigenvalue weighted by Gasteiger charge is 2.34. The van der Waals surface area contributed by atoms with Gasteiger partial charge in [-0.1, -0.05) is 20.8 Å². The predicted octanol–water partition coefficient (Wildman–Crippen LogP) is 6.96. The molecule has 0 amide bonds. The van der Waals surface area contributed by atoms with Crippen LogP contribution in [0.1, 0.15) is 46.4 Å². The molecule has 0 atom stereocenters. The summed E-state index contributed by atoms with van der Waals surface area (Å²) < 4.78 is 36.8. The fourth-order valence-electron chi connectivity index (χ4n) is 3.40. The molecule has 8 heteroatoms. The number of fused-ring (bicyclic) bond motifs is 1. The number of ether oxygens (including phenoxy) is 1. The Morgan fingerprint density at radius 1 is 1.06 bits per heavy atom. The molecule has 3 aromatic rings. The van der Waals surface area contributed by atoms with Crippen molar-refractivity contribution in [2.45, 2.75) is 57.9 Å². The van der Waals surface area contributed by atoms with Crippen LogP contribution in [0.25, 0.3) is 11.0 Å². The number of nitrogens with two attached hydrogens (primary N) is 1. The van der Waals surface area contributed by atoms with E-state index in [1.165, 1.54) is 0 Å². The summed E-state index contributed by atoms with van der Waals surface area (Å²) in [7, 11) is 5.19. The van der Waals surface area contributed by atoms with Crippen molar-refractivity contribution in [3.63, 3.8) is 0 Å². The Morgan fingerprint density at radius 3 is 2.15 bits per heavy atom. The first-order chi connectivity index (χ1) is 15.5. The molecule has 182 valence electrons. The smallest absolute Gasteiger partial charge is 0.302 e. The van der Waals surface area contributed by atoms with Crippen molar-refractivity contribution in [2.75, 3.05) is 31.3 Å². The topological polar surface area (TPSA) is 56.3 Å². The molecule has 0 saturated carbocycles. The van der Waals surface area contributed by atoms with Gasteiger partial charge >= 0.3 is 5.92 Å². The molecule has 0 aliphatic rings. The molecule has 0 bridgehead atoms. The van der Waals surface area contributed by atoms with Gasteiger partial charge in [0.2, 0.25) is 0 Å². The number of halogens is 2. The number of nitrogens with zero attached hydrogens (tertiary/aromatic N) is 3. The van der Waals surface area contributed by atoms with E-state index in [4.69, 9.17) is 5.73 Å². The molecule has 0 unspecified atom stereocenters. The fourth-order valence-corrected chi connectivity index (χ4v) is 4.20. The number of hydrogen-bond acceptors (Lipinski definition) is 5. The Morgan fingerprint density at radius 2 is 1.64 bits per heavy atom. The molecular formula is C25H36F2N4OS. The summed E-state index contributed by atoms with van der Waals surface area (Å²) >= 11 is 1.54. The molecule has 0 radical (unpaired) electrons. The molecule has 0 fully saturated rings. The van der Waals surface area contributed by atoms with Gasteiger partial charge in [-0.2, -0.15) is 8.78 Å². The van der Waals surface area contributed by atoms with Gasteiger partial charge < -0.3 is 19.3 Å². The minimum Gasteiger partial charge on any atom is -0.399 e. The number of methoxy groups -OCH3 is 1. The van der Waals surface area contributed by atoms with Crippen LogP contribution in [-0.4, -0.2) is 30.8 Å². The van der Waals surface area contributed by atoms with Crippen molar-refractivity contribution in [1.29, 1.82) is 0 Å². The molecular weight excluding hydrogens is 442 g/mol. The van der Waals surface area contributed by atoms with Gasteiger partial charge in [0.25, 0.3) is 0 Å². The molecule has 0 spiro atoms. The van der Waals surface area contributed by atoms with Crippen molar-refractivity contribution in [1.82, 2.24) is 9.55 Å². The minimum absolute atomic E-state index is 0.0614. The van der Waals surface area contributed by atoms with E-state index in [1.54, 1.807) is 30.7 Å². The predicted molar refractivity (Wildman–Crippen MR) is 136 cm³/mol. The number of rotatable bonds is 8. The average Bonchev–Trinajstić information content (AvgIpc) is 3.13. The first-order valence-electron chi connectivity index (χ1n) is 11.0. The summed E-state index contributed by atoms with van der Waals surface area (Å²) in [6.45, 7) is 7.79. The maximum Gasteiger partial charge on any atom is 0.302 e. The van der Waals surface area contributed by atoms with Gasteiger partial charge in [-0.3, -0.25) is 0 Å². The summed E-state index contributed by atoms with van der Waals surface area (Å²) in [6.07, 6.45) is 1.83. The normalized spacial score (nSPS) is 11.9. The third-order valence-electron chi connectivity index (χ3n) is 5.86. The van der Waals surface area contributed by atoms with Gasteiger partial charge in [0.1, 0.15) is 0 Å². The van der Waals surface area contributed by atoms with E-state index in [1.807, 2.05) is 53.8 Å². The van der Waals surface area contributed by atoms with Crippen LogP contribution in [0, 0.1) is 5.41 Å². The molecule has 5 nitrogen and oxygen atoms in total. The lowest BCUT2D eigenvalue weighted by Gasteiger charge is -2.29. The third kappa shape index (κ3) is 6.84. The number of anilines is 2. The molecule has 2 N–H and O–H groups in total. The molecule has 0 aliphatic heterocycles. The molecule has 2 aromatic carbocycles. The second kappa shape index (κ2) is 11.2. The molecule has 1 heterocycles. The highest BCUT2D eigenvalue weighted by molar-refractivity contribution is 8.00. The van der Waals surface area contributed by atoms with Crippen LogP contribution in [0.4, 0.5) is 20.2 Å². The van der Waals surface area contributed by atoms with Crippen LogP contribution in [0.3, 0.4) is 0 Å². The quantitative estimate of drug-likeness (QED) is 0.280. The molecule has 1 aromatic heterocycles. The maximum absolute atomic E-state index is 14.4. The summed E-state index contributed by atoms with van der Waals surface area (Å²) in [6, 6.07) is 13.4. The van der Waals surface area contributed by atoms with Crippen molar-refractivity contribution < 1.29 is 13.5 Å². The largest absolute Gasteiger partial charge is 0.399 e. The maximum atomic E-state index is 14.4. The Hall–Kier alpha value is -2.32. The van der Waals surface area contributed by atoms with Crippen molar-refractivity contribution in [3.05, 3.63) is 48.3 Å². The van der Waals surface area contributed by atoms with Crippen LogP contribution >= 0.6 is 11.9 Å². The lowest BCUT2D eigenvalue weighted by Crippen LogP contribution is -2.26. The number of alkyl halides is 2. The van der Waals surface area contributed by atoms with Crippen LogP contribution < -0.4 is 10.0 Å². The number of benzene rings is 2. The first kappa shape index (κ1) is 26.9. The van der Waals surface area contributed by atoms with Gasteiger partial charge in [0.15, 0.2) is 5.82 Å². The van der Waals surface area contributed by atoms with E-state index in [0.717, 1.165) is 35.9 Å². The number of hydrogen-bond donors (Lipinski definition) is 1. The standard InChI is InChI=1S/C23H30F2N4S.C2H6O/c1-6-22(3,7-2)15-29-20-13-10-17(14-19(20)27-21(29)23(4,24)25)28(5)30-18-11-8-16(26)9-12-18;1-3-2/h8-14H,6-7,15,26H2,1-5H3;1-2H3. The van der Waals surface area contributed by atoms with Gasteiger partial charge in [-0.05, 0) is 72.7 Å². The first-order valence-corrected chi connectivity index (χ1v) is 11.8. The Bertz CT molecular complexity index is 1030. The molecule has 33 heavy (non-hydrogen) atoms. The highest BCUT2D eigenvalue weighted by atomic mass is 32.2. The second-order valence-corrected chi connectivity index (χ2v) is 9.87. The van der Waals surface area contributed by atoms with Crippen molar-refractivity contribution >= 4 is 34.4 Å². The van der Waals surface area contributed by atoms with E-state index in [-0.39, 0.29) is 11.2 Å². The molecule has 0 saturated heterocycles. The number of aromatic nitrogens is 2. The lowest BCUT2D eigenvalue weighted by atomic mass is 9.84. The van der Waals surface area contributed by atoms with E-state index >= 15 is 0 Å². The second-order valence-electron chi connectivity index (χ2n) is 8.67. The summed E-state index contributed by atoms with van der Waals surface area (Å²) in [5.41, 5.74) is 8.63. The van der Waals surface area contributed by atoms with Gasteiger partial charge in [0, 0.05) is 51.0 Å². The van der Waals surface area contributed by atoms with E-state index in [9.17, 15) is 8.78 Å². The molecule has 3 rings (SSSR count). The number of nitrogen functional groups attached to an aromatic ring is 1. The zero-order valence-corrected chi connectivity index (χ0v) is 21.5. The minimum atomic E-state index is -3.01. The Labute approximate surface area is 200 Å². The zero-order chi connectivity index (χ0) is 24.8. The van der Waals surface area contributed by atoms with Gasteiger partial charge in [-0.15, -0.1) is 0 Å². The van der Waals surface area contributed by atoms with Crippen LogP contribution in [0.2, 0.25) is 0 Å². The Balaban J connectivity index is 0.00000122. The third-order valence-corrected chi connectivity index (χ3v) is 6.83. The van der Waals surface area contributed by atoms with E-state index < -0.39 is 5.92 Å². The fraction of sp³-hybridized carbons (Fsp3) is 0.480. The SMILES string of the molecule is CCC(C)(CC)Cn1c(C(C)(F)F)nc2cc(N(C)Sc3ccc(N)cc3)ccc21.COC. The monoisotopic (exact) mass is 478 g/mol. The zero-order valence-electron chi connectivity index (χ0n) is 20.7. The summed E-state index contributed by atoms with van der Waals surface area (Å²) in [5.74, 6) is -3.18. The van der Waals surface area contributed by atoms with Crippen LogP contribution in [0.5, 0.6) is 0 Å². The van der Waals surface area contributed by atoms with Crippen LogP contribution in [0.15, 0.2) is 47.4 Å². The highest BCUT2D eigenvalue weighted by Crippen LogP contribution is 2.37. The number of imidazole rings is 1. The van der Waals surface area contributed by atoms with Crippen molar-refractivity contribution in [2.24, 2.45) is 5.41 Å². The molecule has 0 aliphatic carbocycles. The van der Waals surface area contributed by atoms with Crippen molar-refractivity contribution in [3.8, 4) is 0 Å². The average molecular weight is 479 g/mol. The van der Waals surface area contributed by atoms with E-state index in [0.29, 0.717) is 17.7 Å². The van der Waals surface area contributed by atoms with Gasteiger partial charge in [-0.25, -0.2) is 4.98 Å². The summed E-state index contributed by atoms with van der Waals surface area (Å²) in [5, 5.41) is 0.